The molecule has 2 aromatic heterocycles. The van der Waals surface area contributed by atoms with Crippen LogP contribution in [0.4, 0.5) is 11.5 Å². The average molecular weight is 492 g/mol. The fourth-order valence-electron chi connectivity index (χ4n) is 5.68. The first kappa shape index (κ1) is 23.7. The van der Waals surface area contributed by atoms with Gasteiger partial charge in [-0.05, 0) is 50.1 Å². The van der Waals surface area contributed by atoms with Crippen molar-refractivity contribution in [2.45, 2.75) is 51.7 Å². The van der Waals surface area contributed by atoms with Gasteiger partial charge in [0.1, 0.15) is 5.75 Å². The van der Waals surface area contributed by atoms with Crippen LogP contribution in [0.5, 0.6) is 5.75 Å². The molecule has 0 spiro atoms. The number of nitrogens with zero attached hydrogens (tertiary/aromatic N) is 5. The van der Waals surface area contributed by atoms with Crippen molar-refractivity contribution in [3.63, 3.8) is 0 Å². The number of halogens is 1. The number of aromatic nitrogens is 2. The number of rotatable bonds is 4. The van der Waals surface area contributed by atoms with Crippen molar-refractivity contribution in [3.05, 3.63) is 68.3 Å². The molecule has 0 aliphatic carbocycles. The van der Waals surface area contributed by atoms with Gasteiger partial charge in [-0.25, -0.2) is 0 Å². The van der Waals surface area contributed by atoms with Crippen molar-refractivity contribution in [2.24, 2.45) is 7.05 Å². The molecule has 1 fully saturated rings. The number of pyridine rings is 2. The highest BCUT2D eigenvalue weighted by molar-refractivity contribution is 6.30. The third-order valence-corrected chi connectivity index (χ3v) is 7.65. The summed E-state index contributed by atoms with van der Waals surface area (Å²) in [6.45, 7) is 16.3. The zero-order chi connectivity index (χ0) is 24.9. The van der Waals surface area contributed by atoms with Gasteiger partial charge in [-0.2, -0.15) is 0 Å². The van der Waals surface area contributed by atoms with E-state index in [9.17, 15) is 4.79 Å². The van der Waals surface area contributed by atoms with E-state index in [0.717, 1.165) is 47.9 Å². The van der Waals surface area contributed by atoms with Crippen LogP contribution in [0, 0.1) is 6.57 Å². The van der Waals surface area contributed by atoms with E-state index in [2.05, 4.69) is 46.5 Å². The lowest BCUT2D eigenvalue weighted by atomic mass is 9.95. The van der Waals surface area contributed by atoms with Crippen molar-refractivity contribution in [1.82, 2.24) is 14.5 Å². The number of piperazine rings is 1. The fourth-order valence-corrected chi connectivity index (χ4v) is 5.93. The van der Waals surface area contributed by atoms with Gasteiger partial charge in [0.05, 0.1) is 17.8 Å². The van der Waals surface area contributed by atoms with Gasteiger partial charge in [-0.1, -0.05) is 25.1 Å². The van der Waals surface area contributed by atoms with E-state index in [-0.39, 0.29) is 23.7 Å². The van der Waals surface area contributed by atoms with Gasteiger partial charge in [0.2, 0.25) is 5.52 Å². The van der Waals surface area contributed by atoms with Crippen LogP contribution < -0.4 is 15.2 Å². The smallest absolute Gasteiger partial charge is 0.270 e. The second-order valence-electron chi connectivity index (χ2n) is 9.63. The summed E-state index contributed by atoms with van der Waals surface area (Å²) in [4.78, 5) is 25.7. The summed E-state index contributed by atoms with van der Waals surface area (Å²) in [7, 11) is 1.75. The minimum Gasteiger partial charge on any atom is -0.493 e. The number of anilines is 1. The van der Waals surface area contributed by atoms with Crippen LogP contribution in [0.15, 0.2) is 35.1 Å². The first-order valence-corrected chi connectivity index (χ1v) is 12.6. The average Bonchev–Trinajstić information content (AvgIpc) is 3.32. The summed E-state index contributed by atoms with van der Waals surface area (Å²) in [5.74, 6) is 1.33. The molecule has 8 heteroatoms. The Hall–Kier alpha value is -3.08. The van der Waals surface area contributed by atoms with Crippen molar-refractivity contribution >= 4 is 34.1 Å². The third-order valence-electron chi connectivity index (χ3n) is 7.44. The van der Waals surface area contributed by atoms with Gasteiger partial charge in [-0.15, -0.1) is 4.98 Å². The molecule has 1 aromatic carbocycles. The van der Waals surface area contributed by atoms with Gasteiger partial charge in [0.15, 0.2) is 0 Å². The third kappa shape index (κ3) is 4.05. The molecule has 0 bridgehead atoms. The number of benzene rings is 1. The molecule has 1 saturated heterocycles. The van der Waals surface area contributed by atoms with Crippen LogP contribution in [-0.2, 0) is 13.5 Å². The summed E-state index contributed by atoms with van der Waals surface area (Å²) >= 11 is 6.50. The highest BCUT2D eigenvalue weighted by Gasteiger charge is 2.37. The minimum absolute atomic E-state index is 0.0785. The quantitative estimate of drug-likeness (QED) is 0.474. The molecule has 5 rings (SSSR count). The van der Waals surface area contributed by atoms with Crippen LogP contribution in [0.1, 0.15) is 44.4 Å². The first-order valence-electron chi connectivity index (χ1n) is 12.2. The Morgan fingerprint density at radius 3 is 2.77 bits per heavy atom. The summed E-state index contributed by atoms with van der Waals surface area (Å²) < 4.78 is 7.63. The molecule has 1 unspecified atom stereocenters. The van der Waals surface area contributed by atoms with E-state index in [4.69, 9.17) is 22.9 Å². The highest BCUT2D eigenvalue weighted by atomic mass is 35.5. The number of hydrogen-bond donors (Lipinski definition) is 0. The van der Waals surface area contributed by atoms with E-state index in [0.29, 0.717) is 17.9 Å². The van der Waals surface area contributed by atoms with Gasteiger partial charge >= 0.3 is 0 Å². The predicted octanol–water partition coefficient (Wildman–Crippen LogP) is 5.12. The summed E-state index contributed by atoms with van der Waals surface area (Å²) in [6.07, 6.45) is 1.84. The number of aryl methyl sites for hydroxylation is 1. The predicted molar refractivity (Wildman–Crippen MR) is 140 cm³/mol. The molecule has 0 radical (unpaired) electrons. The molecule has 0 amide bonds. The number of fused-ring (bicyclic) bond motifs is 2. The van der Waals surface area contributed by atoms with Gasteiger partial charge in [0, 0.05) is 61.3 Å². The van der Waals surface area contributed by atoms with Crippen molar-refractivity contribution in [1.29, 1.82) is 0 Å². The number of ether oxygens (including phenoxy) is 1. The maximum absolute atomic E-state index is 12.8. The Labute approximate surface area is 210 Å². The maximum Gasteiger partial charge on any atom is 0.270 e. The molecular formula is C27H30ClN5O2. The maximum atomic E-state index is 12.8. The van der Waals surface area contributed by atoms with Crippen LogP contribution in [0.2, 0.25) is 5.02 Å². The number of hydrogen-bond acceptors (Lipinski definition) is 5. The van der Waals surface area contributed by atoms with Crippen molar-refractivity contribution in [2.75, 3.05) is 24.6 Å². The molecule has 35 heavy (non-hydrogen) atoms. The highest BCUT2D eigenvalue weighted by Crippen LogP contribution is 2.42. The molecule has 0 saturated carbocycles. The van der Waals surface area contributed by atoms with Crippen LogP contribution in [0.25, 0.3) is 15.9 Å². The van der Waals surface area contributed by atoms with Crippen LogP contribution in [0.3, 0.4) is 0 Å². The van der Waals surface area contributed by atoms with Crippen LogP contribution >= 0.6 is 11.6 Å². The topological polar surface area (TPSA) is 55.0 Å². The molecule has 3 atom stereocenters. The van der Waals surface area contributed by atoms with E-state index in [1.807, 2.05) is 12.1 Å². The Morgan fingerprint density at radius 2 is 2.03 bits per heavy atom. The Balaban J connectivity index is 1.51. The van der Waals surface area contributed by atoms with Crippen molar-refractivity contribution < 1.29 is 4.74 Å². The van der Waals surface area contributed by atoms with Gasteiger partial charge in [-0.3, -0.25) is 9.69 Å². The monoisotopic (exact) mass is 491 g/mol. The molecule has 2 aliphatic heterocycles. The fraction of sp³-hybridized carbons (Fsp3) is 0.444. The normalized spacial score (nSPS) is 21.0. The van der Waals surface area contributed by atoms with Gasteiger partial charge in [0.25, 0.3) is 11.4 Å². The molecule has 2 aliphatic rings. The molecule has 3 aromatic rings. The van der Waals surface area contributed by atoms with E-state index < -0.39 is 0 Å². The molecule has 182 valence electrons. The molecule has 0 N–H and O–H groups in total. The molecular weight excluding hydrogens is 462 g/mol. The second-order valence-corrected chi connectivity index (χ2v) is 10.1. The van der Waals surface area contributed by atoms with E-state index in [1.54, 1.807) is 23.7 Å². The zero-order valence-electron chi connectivity index (χ0n) is 20.6. The molecule has 7 nitrogen and oxygen atoms in total. The van der Waals surface area contributed by atoms with Crippen LogP contribution in [-0.4, -0.2) is 46.2 Å². The Bertz CT molecular complexity index is 1400. The molecule has 4 heterocycles. The standard InChI is InChI=1S/C27H30ClN5O2/c1-6-21(20-12-19(28)11-18-9-10-35-27(18)20)32-14-17(3)33(15-16(32)2)23-13-25(34)31(5)22-7-8-24(29-4)30-26(22)23/h7-8,11-13,16-17,21H,6,9-10,14-15H2,1-3,5H3/t16-,17+,21?/m1/s1. The van der Waals surface area contributed by atoms with Gasteiger partial charge < -0.3 is 19.0 Å². The van der Waals surface area contributed by atoms with E-state index >= 15 is 0 Å². The van der Waals surface area contributed by atoms with E-state index in [1.165, 1.54) is 11.1 Å². The summed E-state index contributed by atoms with van der Waals surface area (Å²) in [5, 5.41) is 0.760. The second kappa shape index (κ2) is 9.18. The first-order chi connectivity index (χ1) is 16.8. The lowest BCUT2D eigenvalue weighted by Gasteiger charge is -2.48. The zero-order valence-corrected chi connectivity index (χ0v) is 21.3. The SMILES string of the molecule is [C-]#[N+]c1ccc2c(n1)c(N1C[C@@H](C)N(C(CC)c3cc(Cl)cc4c3OCC4)C[C@@H]1C)cc(=O)n2C. The summed E-state index contributed by atoms with van der Waals surface area (Å²) in [6, 6.07) is 9.78. The largest absolute Gasteiger partial charge is 0.493 e. The van der Waals surface area contributed by atoms with Crippen molar-refractivity contribution in [3.8, 4) is 5.75 Å². The lowest BCUT2D eigenvalue weighted by molar-refractivity contribution is 0.105. The Kier molecular flexibility index (Phi) is 6.20. The minimum atomic E-state index is -0.0785. The Morgan fingerprint density at radius 1 is 1.23 bits per heavy atom. The lowest BCUT2D eigenvalue weighted by Crippen LogP contribution is -2.57. The summed E-state index contributed by atoms with van der Waals surface area (Å²) in [5.41, 5.74) is 4.51.